The fourth-order valence-electron chi connectivity index (χ4n) is 6.47. The van der Waals surface area contributed by atoms with Gasteiger partial charge >= 0.3 is 0 Å². The third-order valence-corrected chi connectivity index (χ3v) is 8.01. The standard InChI is InChI=1S/C28H46O/c1-5-8-21-11-13-22(14-12-21)23-15-17-24(18-16-23)27-19-25(9-6-2)28(29-4)26(20-27)10-7-3/h19-24H,5-18H2,1-4H3. The number of hydrogen-bond acceptors (Lipinski definition) is 1. The van der Waals surface area contributed by atoms with E-state index < -0.39 is 0 Å². The van der Waals surface area contributed by atoms with Crippen LogP contribution in [0.2, 0.25) is 0 Å². The van der Waals surface area contributed by atoms with Crippen molar-refractivity contribution in [2.45, 2.75) is 117 Å². The summed E-state index contributed by atoms with van der Waals surface area (Å²) in [6.07, 6.45) is 19.3. The van der Waals surface area contributed by atoms with Crippen LogP contribution in [0.4, 0.5) is 0 Å². The molecule has 2 aliphatic carbocycles. The van der Waals surface area contributed by atoms with Crippen LogP contribution in [0.5, 0.6) is 5.75 Å². The van der Waals surface area contributed by atoms with E-state index in [4.69, 9.17) is 4.74 Å². The minimum absolute atomic E-state index is 0.778. The molecule has 2 fully saturated rings. The molecular weight excluding hydrogens is 352 g/mol. The van der Waals surface area contributed by atoms with Gasteiger partial charge in [0.25, 0.3) is 0 Å². The minimum atomic E-state index is 0.778. The van der Waals surface area contributed by atoms with Crippen LogP contribution in [0.3, 0.4) is 0 Å². The van der Waals surface area contributed by atoms with Crippen LogP contribution in [-0.2, 0) is 12.8 Å². The van der Waals surface area contributed by atoms with Crippen molar-refractivity contribution in [3.8, 4) is 5.75 Å². The lowest BCUT2D eigenvalue weighted by atomic mass is 9.68. The van der Waals surface area contributed by atoms with E-state index in [0.29, 0.717) is 0 Å². The Morgan fingerprint density at radius 1 is 0.724 bits per heavy atom. The normalized spacial score (nSPS) is 27.7. The van der Waals surface area contributed by atoms with Gasteiger partial charge in [-0.15, -0.1) is 0 Å². The van der Waals surface area contributed by atoms with Crippen LogP contribution in [0.25, 0.3) is 0 Å². The van der Waals surface area contributed by atoms with Gasteiger partial charge in [0.1, 0.15) is 5.75 Å². The quantitative estimate of drug-likeness (QED) is 0.405. The molecule has 0 saturated heterocycles. The maximum atomic E-state index is 5.85. The van der Waals surface area contributed by atoms with Gasteiger partial charge in [-0.05, 0) is 91.7 Å². The van der Waals surface area contributed by atoms with Gasteiger partial charge in [0.15, 0.2) is 0 Å². The monoisotopic (exact) mass is 398 g/mol. The zero-order valence-corrected chi connectivity index (χ0v) is 19.8. The number of benzene rings is 1. The maximum absolute atomic E-state index is 5.85. The molecule has 1 aromatic carbocycles. The van der Waals surface area contributed by atoms with Crippen molar-refractivity contribution in [3.63, 3.8) is 0 Å². The predicted molar refractivity (Wildman–Crippen MR) is 126 cm³/mol. The van der Waals surface area contributed by atoms with Crippen LogP contribution in [-0.4, -0.2) is 7.11 Å². The molecule has 0 bridgehead atoms. The molecule has 2 aliphatic rings. The van der Waals surface area contributed by atoms with Crippen LogP contribution in [0.1, 0.15) is 120 Å². The van der Waals surface area contributed by atoms with Crippen LogP contribution < -0.4 is 4.74 Å². The topological polar surface area (TPSA) is 9.23 Å². The lowest BCUT2D eigenvalue weighted by Crippen LogP contribution is -2.25. The molecule has 2 saturated carbocycles. The summed E-state index contributed by atoms with van der Waals surface area (Å²) in [6, 6.07) is 5.00. The van der Waals surface area contributed by atoms with Crippen LogP contribution in [0, 0.1) is 17.8 Å². The highest BCUT2D eigenvalue weighted by Crippen LogP contribution is 2.45. The second-order valence-corrected chi connectivity index (χ2v) is 10.1. The van der Waals surface area contributed by atoms with Crippen molar-refractivity contribution in [2.75, 3.05) is 7.11 Å². The smallest absolute Gasteiger partial charge is 0.125 e. The van der Waals surface area contributed by atoms with Gasteiger partial charge in [0.05, 0.1) is 7.11 Å². The van der Waals surface area contributed by atoms with Crippen LogP contribution in [0.15, 0.2) is 12.1 Å². The van der Waals surface area contributed by atoms with E-state index in [2.05, 4.69) is 32.9 Å². The van der Waals surface area contributed by atoms with Gasteiger partial charge in [-0.3, -0.25) is 0 Å². The second-order valence-electron chi connectivity index (χ2n) is 10.1. The van der Waals surface area contributed by atoms with Gasteiger partial charge in [-0.25, -0.2) is 0 Å². The highest BCUT2D eigenvalue weighted by atomic mass is 16.5. The molecule has 1 nitrogen and oxygen atoms in total. The first-order chi connectivity index (χ1) is 14.2. The zero-order chi connectivity index (χ0) is 20.6. The largest absolute Gasteiger partial charge is 0.496 e. The summed E-state index contributed by atoms with van der Waals surface area (Å²) in [5, 5.41) is 0. The Morgan fingerprint density at radius 2 is 1.24 bits per heavy atom. The molecule has 0 unspecified atom stereocenters. The highest BCUT2D eigenvalue weighted by molar-refractivity contribution is 5.46. The summed E-state index contributed by atoms with van der Waals surface area (Å²) >= 11 is 0. The lowest BCUT2D eigenvalue weighted by Gasteiger charge is -2.38. The van der Waals surface area contributed by atoms with Crippen LogP contribution >= 0.6 is 0 Å². The van der Waals surface area contributed by atoms with Crippen molar-refractivity contribution in [1.82, 2.24) is 0 Å². The summed E-state index contributed by atoms with van der Waals surface area (Å²) < 4.78 is 5.85. The fourth-order valence-corrected chi connectivity index (χ4v) is 6.47. The minimum Gasteiger partial charge on any atom is -0.496 e. The molecule has 3 rings (SSSR count). The molecule has 0 amide bonds. The van der Waals surface area contributed by atoms with Gasteiger partial charge in [0, 0.05) is 0 Å². The molecular formula is C28H46O. The van der Waals surface area contributed by atoms with E-state index in [0.717, 1.165) is 36.5 Å². The molecule has 29 heavy (non-hydrogen) atoms. The fraction of sp³-hybridized carbons (Fsp3) is 0.786. The van der Waals surface area contributed by atoms with E-state index in [-0.39, 0.29) is 0 Å². The first-order valence-electron chi connectivity index (χ1n) is 12.9. The average Bonchev–Trinajstić information content (AvgIpc) is 2.75. The lowest BCUT2D eigenvalue weighted by molar-refractivity contribution is 0.156. The summed E-state index contributed by atoms with van der Waals surface area (Å²) in [7, 11) is 1.85. The Kier molecular flexibility index (Phi) is 8.94. The molecule has 1 heteroatoms. The third kappa shape index (κ3) is 5.80. The summed E-state index contributed by atoms with van der Waals surface area (Å²) in [4.78, 5) is 0. The first-order valence-corrected chi connectivity index (χ1v) is 12.9. The maximum Gasteiger partial charge on any atom is 0.125 e. The third-order valence-electron chi connectivity index (χ3n) is 8.01. The highest BCUT2D eigenvalue weighted by Gasteiger charge is 2.31. The summed E-state index contributed by atoms with van der Waals surface area (Å²) in [5.74, 6) is 5.04. The Labute approximate surface area is 181 Å². The van der Waals surface area contributed by atoms with Crippen molar-refractivity contribution < 1.29 is 4.74 Å². The SMILES string of the molecule is CCCc1cc(C2CCC(C3CCC(CCC)CC3)CC2)cc(CCC)c1OC. The van der Waals surface area contributed by atoms with Crippen molar-refractivity contribution in [1.29, 1.82) is 0 Å². The summed E-state index contributed by atoms with van der Waals surface area (Å²) in [5.41, 5.74) is 4.52. The van der Waals surface area contributed by atoms with Gasteiger partial charge in [0.2, 0.25) is 0 Å². The van der Waals surface area contributed by atoms with Crippen molar-refractivity contribution >= 4 is 0 Å². The van der Waals surface area contributed by atoms with Crippen molar-refractivity contribution in [2.24, 2.45) is 17.8 Å². The van der Waals surface area contributed by atoms with E-state index in [1.807, 2.05) is 7.11 Å². The second kappa shape index (κ2) is 11.4. The molecule has 164 valence electrons. The Balaban J connectivity index is 1.63. The zero-order valence-electron chi connectivity index (χ0n) is 19.8. The van der Waals surface area contributed by atoms with Gasteiger partial charge in [-0.1, -0.05) is 71.4 Å². The molecule has 0 heterocycles. The molecule has 0 aliphatic heterocycles. The number of hydrogen-bond donors (Lipinski definition) is 0. The predicted octanol–water partition coefficient (Wildman–Crippen LogP) is 8.48. The molecule has 0 spiro atoms. The molecule has 0 atom stereocenters. The number of methoxy groups -OCH3 is 1. The van der Waals surface area contributed by atoms with Gasteiger partial charge < -0.3 is 4.74 Å². The van der Waals surface area contributed by atoms with E-state index in [1.54, 1.807) is 5.56 Å². The van der Waals surface area contributed by atoms with Crippen molar-refractivity contribution in [3.05, 3.63) is 28.8 Å². The number of rotatable bonds is 9. The van der Waals surface area contributed by atoms with Gasteiger partial charge in [-0.2, -0.15) is 0 Å². The molecule has 0 radical (unpaired) electrons. The summed E-state index contributed by atoms with van der Waals surface area (Å²) in [6.45, 7) is 6.92. The molecule has 1 aromatic rings. The van der Waals surface area contributed by atoms with E-state index in [9.17, 15) is 0 Å². The Hall–Kier alpha value is -0.980. The molecule has 0 aromatic heterocycles. The number of aryl methyl sites for hydroxylation is 2. The number of ether oxygens (including phenoxy) is 1. The van der Waals surface area contributed by atoms with E-state index >= 15 is 0 Å². The van der Waals surface area contributed by atoms with E-state index in [1.165, 1.54) is 93.9 Å². The first kappa shape index (κ1) is 22.7. The average molecular weight is 399 g/mol. The molecule has 0 N–H and O–H groups in total. The Bertz CT molecular complexity index is 576. The Morgan fingerprint density at radius 3 is 1.69 bits per heavy atom.